The molecule has 0 saturated carbocycles. The van der Waals surface area contributed by atoms with E-state index in [1.165, 1.54) is 11.3 Å². The van der Waals surface area contributed by atoms with Crippen molar-refractivity contribution in [2.24, 2.45) is 0 Å². The van der Waals surface area contributed by atoms with Gasteiger partial charge in [-0.15, -0.1) is 0 Å². The van der Waals surface area contributed by atoms with Crippen molar-refractivity contribution in [1.82, 2.24) is 24.8 Å². The van der Waals surface area contributed by atoms with Crippen LogP contribution in [0.2, 0.25) is 0 Å². The highest BCUT2D eigenvalue weighted by molar-refractivity contribution is 7.80. The van der Waals surface area contributed by atoms with E-state index in [1.54, 1.807) is 7.11 Å². The summed E-state index contributed by atoms with van der Waals surface area (Å²) in [4.78, 5) is 11.6. The van der Waals surface area contributed by atoms with Crippen LogP contribution in [0.4, 0.5) is 0 Å². The Balaban J connectivity index is 1.80. The van der Waals surface area contributed by atoms with Crippen LogP contribution in [0.3, 0.4) is 0 Å². The van der Waals surface area contributed by atoms with E-state index in [0.29, 0.717) is 6.61 Å². The third kappa shape index (κ3) is 4.07. The lowest BCUT2D eigenvalue weighted by Gasteiger charge is -2.28. The molecule has 3 aromatic rings. The Kier molecular flexibility index (Phi) is 6.34. The number of nitrogens with one attached hydrogen (secondary N) is 1. The summed E-state index contributed by atoms with van der Waals surface area (Å²) in [6.45, 7) is 7.92. The molecule has 1 aliphatic rings. The van der Waals surface area contributed by atoms with Gasteiger partial charge in [0.15, 0.2) is 5.11 Å². The van der Waals surface area contributed by atoms with Gasteiger partial charge in [0.05, 0.1) is 17.8 Å². The van der Waals surface area contributed by atoms with Crippen molar-refractivity contribution in [1.29, 1.82) is 0 Å². The minimum Gasteiger partial charge on any atom is -0.385 e. The molecule has 3 aromatic heterocycles. The molecular formula is C24H29N5OS. The summed E-state index contributed by atoms with van der Waals surface area (Å²) in [5.41, 5.74) is 5.71. The number of aryl methyl sites for hydroxylation is 2. The molecule has 0 unspecified atom stereocenters. The molecule has 0 aromatic carbocycles. The van der Waals surface area contributed by atoms with Gasteiger partial charge in [-0.1, -0.05) is 12.1 Å². The van der Waals surface area contributed by atoms with Gasteiger partial charge in [0.1, 0.15) is 5.82 Å². The Morgan fingerprint density at radius 1 is 1.10 bits per heavy atom. The van der Waals surface area contributed by atoms with Crippen LogP contribution in [-0.4, -0.2) is 44.8 Å². The predicted octanol–water partition coefficient (Wildman–Crippen LogP) is 4.20. The number of hydrogen-bond acceptors (Lipinski definition) is 4. The van der Waals surface area contributed by atoms with Gasteiger partial charge in [-0.05, 0) is 74.8 Å². The molecule has 1 saturated heterocycles. The summed E-state index contributed by atoms with van der Waals surface area (Å²) in [6.07, 6.45) is 4.59. The Morgan fingerprint density at radius 2 is 1.90 bits per heavy atom. The average molecular weight is 436 g/mol. The maximum Gasteiger partial charge on any atom is 0.170 e. The van der Waals surface area contributed by atoms with E-state index in [9.17, 15) is 0 Å². The summed E-state index contributed by atoms with van der Waals surface area (Å²) in [6, 6.07) is 12.4. The molecule has 1 fully saturated rings. The molecule has 162 valence electrons. The van der Waals surface area contributed by atoms with Crippen LogP contribution in [0, 0.1) is 20.8 Å². The van der Waals surface area contributed by atoms with E-state index in [0.717, 1.165) is 40.8 Å². The fourth-order valence-electron chi connectivity index (χ4n) is 4.49. The normalized spacial score (nSPS) is 18.5. The number of methoxy groups -OCH3 is 1. The molecule has 0 bridgehead atoms. The molecule has 31 heavy (non-hydrogen) atoms. The summed E-state index contributed by atoms with van der Waals surface area (Å²) in [7, 11) is 1.73. The van der Waals surface area contributed by atoms with Crippen LogP contribution >= 0.6 is 12.2 Å². The van der Waals surface area contributed by atoms with Crippen molar-refractivity contribution >= 4 is 17.3 Å². The van der Waals surface area contributed by atoms with E-state index in [1.807, 2.05) is 30.6 Å². The van der Waals surface area contributed by atoms with Crippen LogP contribution in [0.5, 0.6) is 0 Å². The van der Waals surface area contributed by atoms with Gasteiger partial charge < -0.3 is 19.5 Å². The number of thiocarbonyl (C=S) groups is 1. The third-order valence-electron chi connectivity index (χ3n) is 5.93. The summed E-state index contributed by atoms with van der Waals surface area (Å²) in [5.74, 6) is 0.970. The van der Waals surface area contributed by atoms with Gasteiger partial charge >= 0.3 is 0 Å². The summed E-state index contributed by atoms with van der Waals surface area (Å²) >= 11 is 5.77. The Hall–Kier alpha value is -2.77. The molecule has 2 atom stereocenters. The van der Waals surface area contributed by atoms with E-state index >= 15 is 0 Å². The number of ether oxygens (including phenoxy) is 1. The Bertz CT molecular complexity index is 1070. The maximum absolute atomic E-state index is 5.77. The molecule has 0 radical (unpaired) electrons. The lowest BCUT2D eigenvalue weighted by molar-refractivity contribution is 0.180. The first-order valence-electron chi connectivity index (χ1n) is 10.6. The number of nitrogens with zero attached hydrogens (tertiary/aromatic N) is 4. The molecule has 1 aliphatic heterocycles. The van der Waals surface area contributed by atoms with Crippen molar-refractivity contribution in [2.45, 2.75) is 39.3 Å². The van der Waals surface area contributed by atoms with Crippen molar-refractivity contribution < 1.29 is 4.74 Å². The second-order valence-electron chi connectivity index (χ2n) is 7.97. The zero-order valence-electron chi connectivity index (χ0n) is 18.5. The molecule has 0 amide bonds. The minimum atomic E-state index is -0.0185. The van der Waals surface area contributed by atoms with Gasteiger partial charge in [0.2, 0.25) is 0 Å². The average Bonchev–Trinajstić information content (AvgIpc) is 3.25. The predicted molar refractivity (Wildman–Crippen MR) is 126 cm³/mol. The van der Waals surface area contributed by atoms with Gasteiger partial charge in [-0.2, -0.15) is 0 Å². The van der Waals surface area contributed by atoms with Crippen molar-refractivity contribution in [2.75, 3.05) is 20.3 Å². The highest BCUT2D eigenvalue weighted by atomic mass is 32.1. The molecule has 4 rings (SSSR count). The molecule has 6 nitrogen and oxygen atoms in total. The molecule has 0 spiro atoms. The van der Waals surface area contributed by atoms with Crippen LogP contribution in [0.1, 0.15) is 46.7 Å². The van der Waals surface area contributed by atoms with Gasteiger partial charge in [-0.3, -0.25) is 4.98 Å². The zero-order chi connectivity index (χ0) is 22.0. The van der Waals surface area contributed by atoms with E-state index in [-0.39, 0.29) is 12.1 Å². The SMILES string of the molecule is COCCCN1C(=S)N[C@H](c2ccccn2)[C@H]1c1cc(C)n(-c2ncccc2C)c1C. The third-order valence-corrected chi connectivity index (χ3v) is 6.28. The number of hydrogen-bond donors (Lipinski definition) is 1. The molecule has 4 heterocycles. The van der Waals surface area contributed by atoms with Crippen LogP contribution < -0.4 is 5.32 Å². The highest BCUT2D eigenvalue weighted by Gasteiger charge is 2.41. The minimum absolute atomic E-state index is 0.0185. The van der Waals surface area contributed by atoms with E-state index < -0.39 is 0 Å². The number of aromatic nitrogens is 3. The zero-order valence-corrected chi connectivity index (χ0v) is 19.3. The van der Waals surface area contributed by atoms with Crippen molar-refractivity contribution in [3.63, 3.8) is 0 Å². The lowest BCUT2D eigenvalue weighted by atomic mass is 9.96. The number of rotatable bonds is 7. The monoisotopic (exact) mass is 435 g/mol. The smallest absolute Gasteiger partial charge is 0.170 e. The quantitative estimate of drug-likeness (QED) is 0.443. The first kappa shape index (κ1) is 21.5. The first-order chi connectivity index (χ1) is 15.0. The summed E-state index contributed by atoms with van der Waals surface area (Å²) < 4.78 is 7.54. The van der Waals surface area contributed by atoms with Gasteiger partial charge in [-0.25, -0.2) is 4.98 Å². The van der Waals surface area contributed by atoms with E-state index in [2.05, 4.69) is 63.7 Å². The second-order valence-corrected chi connectivity index (χ2v) is 8.36. The second kappa shape index (κ2) is 9.16. The Morgan fingerprint density at radius 3 is 2.61 bits per heavy atom. The van der Waals surface area contributed by atoms with Crippen LogP contribution in [0.15, 0.2) is 48.8 Å². The maximum atomic E-state index is 5.77. The van der Waals surface area contributed by atoms with Crippen LogP contribution in [-0.2, 0) is 4.74 Å². The largest absolute Gasteiger partial charge is 0.385 e. The molecule has 0 aliphatic carbocycles. The first-order valence-corrected chi connectivity index (χ1v) is 11.0. The fourth-order valence-corrected chi connectivity index (χ4v) is 4.82. The molecule has 7 heteroatoms. The topological polar surface area (TPSA) is 55.2 Å². The van der Waals surface area contributed by atoms with Gasteiger partial charge in [0.25, 0.3) is 0 Å². The standard InChI is InChI=1S/C24H29N5OS/c1-16-9-7-12-26-23(16)29-17(2)15-19(18(29)3)22-21(20-10-5-6-11-25-20)27-24(31)28(22)13-8-14-30-4/h5-7,9-12,15,21-22H,8,13-14H2,1-4H3,(H,27,31)/t21-,22-/m1/s1. The van der Waals surface area contributed by atoms with Crippen molar-refractivity contribution in [3.8, 4) is 5.82 Å². The van der Waals surface area contributed by atoms with Gasteiger partial charge in [0, 0.05) is 44.0 Å². The lowest BCUT2D eigenvalue weighted by Crippen LogP contribution is -2.31. The Labute approximate surface area is 189 Å². The van der Waals surface area contributed by atoms with Crippen molar-refractivity contribution in [3.05, 3.63) is 77.0 Å². The molecule has 1 N–H and O–H groups in total. The fraction of sp³-hybridized carbons (Fsp3) is 0.375. The number of pyridine rings is 2. The summed E-state index contributed by atoms with van der Waals surface area (Å²) in [5, 5.41) is 4.29. The highest BCUT2D eigenvalue weighted by Crippen LogP contribution is 2.41. The van der Waals surface area contributed by atoms with Crippen LogP contribution in [0.25, 0.3) is 5.82 Å². The van der Waals surface area contributed by atoms with E-state index in [4.69, 9.17) is 17.0 Å². The molecular weight excluding hydrogens is 406 g/mol.